The maximum atomic E-state index is 5.93. The molecule has 0 heterocycles. The molecular weight excluding hydrogens is 220 g/mol. The van der Waals surface area contributed by atoms with Crippen molar-refractivity contribution >= 4 is 0 Å². The molecule has 2 aliphatic rings. The van der Waals surface area contributed by atoms with Gasteiger partial charge in [0.15, 0.2) is 0 Å². The average molecular weight is 250 g/mol. The molecule has 104 valence electrons. The highest BCUT2D eigenvalue weighted by Gasteiger charge is 2.57. The second-order valence-corrected chi connectivity index (χ2v) is 6.74. The molecular formula is C17H30O. The van der Waals surface area contributed by atoms with Crippen LogP contribution in [0.15, 0.2) is 12.2 Å². The number of hydrogen-bond acceptors (Lipinski definition) is 1. The number of allylic oxidation sites excluding steroid dienone is 1. The third-order valence-corrected chi connectivity index (χ3v) is 5.67. The first-order chi connectivity index (χ1) is 8.59. The van der Waals surface area contributed by atoms with E-state index in [4.69, 9.17) is 4.74 Å². The van der Waals surface area contributed by atoms with E-state index in [-0.39, 0.29) is 5.60 Å². The predicted octanol–water partition coefficient (Wildman–Crippen LogP) is 4.96. The molecule has 0 spiro atoms. The fourth-order valence-electron chi connectivity index (χ4n) is 4.27. The lowest BCUT2D eigenvalue weighted by atomic mass is 9.68. The number of methoxy groups -OCH3 is 1. The molecule has 2 bridgehead atoms. The van der Waals surface area contributed by atoms with Crippen LogP contribution in [0.1, 0.15) is 65.7 Å². The normalized spacial score (nSPS) is 39.4. The lowest BCUT2D eigenvalue weighted by Gasteiger charge is -2.43. The van der Waals surface area contributed by atoms with Gasteiger partial charge in [0, 0.05) is 12.5 Å². The Morgan fingerprint density at radius 3 is 2.67 bits per heavy atom. The van der Waals surface area contributed by atoms with Gasteiger partial charge in [0.2, 0.25) is 0 Å². The lowest BCUT2D eigenvalue weighted by Crippen LogP contribution is -2.43. The van der Waals surface area contributed by atoms with Gasteiger partial charge in [0.1, 0.15) is 0 Å². The van der Waals surface area contributed by atoms with E-state index in [9.17, 15) is 0 Å². The van der Waals surface area contributed by atoms with Gasteiger partial charge in [0.05, 0.1) is 5.60 Å². The zero-order chi connectivity index (χ0) is 13.2. The monoisotopic (exact) mass is 250 g/mol. The van der Waals surface area contributed by atoms with Crippen molar-refractivity contribution in [2.24, 2.45) is 17.3 Å². The van der Waals surface area contributed by atoms with Crippen LogP contribution in [0.5, 0.6) is 0 Å². The van der Waals surface area contributed by atoms with Crippen LogP contribution in [-0.2, 0) is 4.74 Å². The molecule has 4 unspecified atom stereocenters. The second kappa shape index (κ2) is 5.36. The van der Waals surface area contributed by atoms with E-state index < -0.39 is 0 Å². The molecule has 4 atom stereocenters. The van der Waals surface area contributed by atoms with Crippen molar-refractivity contribution in [2.75, 3.05) is 7.11 Å². The molecule has 0 N–H and O–H groups in total. The minimum absolute atomic E-state index is 0.0893. The molecule has 1 saturated carbocycles. The molecule has 0 aromatic heterocycles. The Labute approximate surface area is 113 Å². The number of fused-ring (bicyclic) bond motifs is 2. The fraction of sp³-hybridized carbons (Fsp3) is 0.882. The predicted molar refractivity (Wildman–Crippen MR) is 77.6 cm³/mol. The topological polar surface area (TPSA) is 9.23 Å². The molecule has 2 rings (SSSR count). The van der Waals surface area contributed by atoms with E-state index in [1.807, 2.05) is 7.11 Å². The van der Waals surface area contributed by atoms with Gasteiger partial charge in [-0.15, -0.1) is 0 Å². The van der Waals surface area contributed by atoms with E-state index in [1.165, 1.54) is 44.9 Å². The zero-order valence-corrected chi connectivity index (χ0v) is 12.7. The van der Waals surface area contributed by atoms with Crippen molar-refractivity contribution in [1.29, 1.82) is 0 Å². The van der Waals surface area contributed by atoms with Gasteiger partial charge in [-0.05, 0) is 38.0 Å². The minimum atomic E-state index is 0.0893. The van der Waals surface area contributed by atoms with Crippen molar-refractivity contribution in [3.8, 4) is 0 Å². The average Bonchev–Trinajstić information content (AvgIpc) is 2.90. The third-order valence-electron chi connectivity index (χ3n) is 5.67. The molecule has 1 heteroatoms. The summed E-state index contributed by atoms with van der Waals surface area (Å²) in [7, 11) is 1.91. The van der Waals surface area contributed by atoms with Gasteiger partial charge in [0.25, 0.3) is 0 Å². The van der Waals surface area contributed by atoms with Crippen LogP contribution in [-0.4, -0.2) is 12.7 Å². The Bertz CT molecular complexity index is 309. The van der Waals surface area contributed by atoms with Crippen molar-refractivity contribution in [3.05, 3.63) is 12.2 Å². The summed E-state index contributed by atoms with van der Waals surface area (Å²) in [6.45, 7) is 6.99. The van der Waals surface area contributed by atoms with Crippen LogP contribution in [0.2, 0.25) is 0 Å². The minimum Gasteiger partial charge on any atom is -0.378 e. The Hall–Kier alpha value is -0.300. The van der Waals surface area contributed by atoms with Crippen molar-refractivity contribution in [2.45, 2.75) is 71.3 Å². The van der Waals surface area contributed by atoms with Crippen molar-refractivity contribution in [3.63, 3.8) is 0 Å². The Kier molecular flexibility index (Phi) is 4.21. The standard InChI is InChI=1S/C17H30O/c1-5-7-8-14(6-2)12-17-10-9-15(13-17)11-16(17,3)18-4/h9-10,14-15H,5-8,11-13H2,1-4H3. The van der Waals surface area contributed by atoms with Crippen LogP contribution >= 0.6 is 0 Å². The number of unbranched alkanes of at least 4 members (excludes halogenated alkanes) is 1. The van der Waals surface area contributed by atoms with E-state index in [2.05, 4.69) is 32.9 Å². The molecule has 2 aliphatic carbocycles. The van der Waals surface area contributed by atoms with E-state index in [1.54, 1.807) is 0 Å². The van der Waals surface area contributed by atoms with E-state index >= 15 is 0 Å². The molecule has 0 aromatic carbocycles. The van der Waals surface area contributed by atoms with Crippen LogP contribution in [0.4, 0.5) is 0 Å². The molecule has 0 radical (unpaired) electrons. The summed E-state index contributed by atoms with van der Waals surface area (Å²) in [6, 6.07) is 0. The lowest BCUT2D eigenvalue weighted by molar-refractivity contribution is -0.0697. The highest BCUT2D eigenvalue weighted by atomic mass is 16.5. The van der Waals surface area contributed by atoms with Crippen LogP contribution in [0.25, 0.3) is 0 Å². The van der Waals surface area contributed by atoms with Crippen molar-refractivity contribution in [1.82, 2.24) is 0 Å². The summed E-state index contributed by atoms with van der Waals surface area (Å²) in [5, 5.41) is 0. The zero-order valence-electron chi connectivity index (χ0n) is 12.7. The van der Waals surface area contributed by atoms with Crippen LogP contribution in [0, 0.1) is 17.3 Å². The number of rotatable bonds is 7. The largest absolute Gasteiger partial charge is 0.378 e. The fourth-order valence-corrected chi connectivity index (χ4v) is 4.27. The molecule has 0 aliphatic heterocycles. The molecule has 0 aromatic rings. The van der Waals surface area contributed by atoms with Gasteiger partial charge in [-0.25, -0.2) is 0 Å². The van der Waals surface area contributed by atoms with E-state index in [0.29, 0.717) is 5.41 Å². The Morgan fingerprint density at radius 1 is 1.33 bits per heavy atom. The quantitative estimate of drug-likeness (QED) is 0.580. The van der Waals surface area contributed by atoms with Gasteiger partial charge in [-0.1, -0.05) is 51.7 Å². The van der Waals surface area contributed by atoms with Gasteiger partial charge < -0.3 is 4.74 Å². The maximum Gasteiger partial charge on any atom is 0.0746 e. The van der Waals surface area contributed by atoms with Crippen LogP contribution in [0.3, 0.4) is 0 Å². The first kappa shape index (κ1) is 14.1. The summed E-state index contributed by atoms with van der Waals surface area (Å²) in [5.41, 5.74) is 0.423. The highest BCUT2D eigenvalue weighted by molar-refractivity contribution is 5.24. The number of ether oxygens (including phenoxy) is 1. The SMILES string of the molecule is CCCCC(CC)CC12C=CC(C1)CC2(C)OC. The number of hydrogen-bond donors (Lipinski definition) is 0. The molecule has 0 amide bonds. The van der Waals surface area contributed by atoms with Gasteiger partial charge in [-0.3, -0.25) is 0 Å². The van der Waals surface area contributed by atoms with E-state index in [0.717, 1.165) is 11.8 Å². The highest BCUT2D eigenvalue weighted by Crippen LogP contribution is 2.60. The summed E-state index contributed by atoms with van der Waals surface area (Å²) in [4.78, 5) is 0. The first-order valence-electron chi connectivity index (χ1n) is 7.83. The molecule has 1 nitrogen and oxygen atoms in total. The molecule has 18 heavy (non-hydrogen) atoms. The first-order valence-corrected chi connectivity index (χ1v) is 7.83. The molecule has 0 saturated heterocycles. The van der Waals surface area contributed by atoms with Crippen molar-refractivity contribution < 1.29 is 4.74 Å². The summed E-state index contributed by atoms with van der Waals surface area (Å²) in [6.07, 6.45) is 14.3. The maximum absolute atomic E-state index is 5.93. The van der Waals surface area contributed by atoms with Gasteiger partial charge >= 0.3 is 0 Å². The Morgan fingerprint density at radius 2 is 2.11 bits per heavy atom. The molecule has 1 fully saturated rings. The summed E-state index contributed by atoms with van der Waals surface area (Å²) in [5.74, 6) is 1.65. The van der Waals surface area contributed by atoms with Gasteiger partial charge in [-0.2, -0.15) is 0 Å². The smallest absolute Gasteiger partial charge is 0.0746 e. The third kappa shape index (κ3) is 2.27. The Balaban J connectivity index is 2.08. The van der Waals surface area contributed by atoms with Crippen LogP contribution < -0.4 is 0 Å². The summed E-state index contributed by atoms with van der Waals surface area (Å²) < 4.78 is 5.93. The second-order valence-electron chi connectivity index (χ2n) is 6.74. The summed E-state index contributed by atoms with van der Waals surface area (Å²) >= 11 is 0.